The molecule has 2 aromatic rings. The lowest BCUT2D eigenvalue weighted by Gasteiger charge is -2.23. The highest BCUT2D eigenvalue weighted by Gasteiger charge is 2.34. The molecule has 0 aliphatic carbocycles. The van der Waals surface area contributed by atoms with Crippen LogP contribution >= 0.6 is 7.60 Å². The zero-order valence-electron chi connectivity index (χ0n) is 15.9. The third-order valence-corrected chi connectivity index (χ3v) is 5.80. The van der Waals surface area contributed by atoms with E-state index in [1.165, 1.54) is 6.33 Å². The van der Waals surface area contributed by atoms with Crippen LogP contribution in [0.15, 0.2) is 12.7 Å². The van der Waals surface area contributed by atoms with Crippen LogP contribution in [-0.2, 0) is 23.1 Å². The number of aromatic nitrogens is 4. The van der Waals surface area contributed by atoms with E-state index >= 15 is 0 Å². The molecule has 0 spiro atoms. The number of rotatable bonds is 8. The highest BCUT2D eigenvalue weighted by molar-refractivity contribution is 7.53. The van der Waals surface area contributed by atoms with Gasteiger partial charge < -0.3 is 24.3 Å². The SMILES string of the molecule is CC(C)OP(=O)(CO[C@@H]1CO[C@@H](n2cnc3c(N)ncnc32)C1)OC(C)C. The summed E-state index contributed by atoms with van der Waals surface area (Å²) in [4.78, 5) is 12.4. The fraction of sp³-hybridized carbons (Fsp3) is 0.688. The van der Waals surface area contributed by atoms with Crippen molar-refractivity contribution in [3.05, 3.63) is 12.7 Å². The summed E-state index contributed by atoms with van der Waals surface area (Å²) < 4.78 is 37.3. The number of ether oxygens (including phenoxy) is 2. The van der Waals surface area contributed by atoms with Gasteiger partial charge in [-0.3, -0.25) is 9.13 Å². The van der Waals surface area contributed by atoms with E-state index in [0.29, 0.717) is 30.0 Å². The molecule has 0 radical (unpaired) electrons. The van der Waals surface area contributed by atoms with Gasteiger partial charge in [-0.25, -0.2) is 15.0 Å². The Bertz CT molecular complexity index is 813. The molecule has 0 aromatic carbocycles. The van der Waals surface area contributed by atoms with Crippen LogP contribution in [0.3, 0.4) is 0 Å². The summed E-state index contributed by atoms with van der Waals surface area (Å²) in [6.07, 6.45) is 2.44. The molecule has 2 aromatic heterocycles. The molecular weight excluding hydrogens is 373 g/mol. The van der Waals surface area contributed by atoms with E-state index in [-0.39, 0.29) is 30.9 Å². The number of imidazole rings is 1. The Balaban J connectivity index is 1.63. The summed E-state index contributed by atoms with van der Waals surface area (Å²) in [5, 5.41) is 0. The molecule has 0 saturated carbocycles. The topological polar surface area (TPSA) is 124 Å². The van der Waals surface area contributed by atoms with Gasteiger partial charge in [-0.05, 0) is 27.7 Å². The fourth-order valence-electron chi connectivity index (χ4n) is 2.89. The molecule has 0 amide bonds. The number of fused-ring (bicyclic) bond motifs is 1. The van der Waals surface area contributed by atoms with Crippen molar-refractivity contribution in [2.75, 3.05) is 18.7 Å². The van der Waals surface area contributed by atoms with E-state index in [2.05, 4.69) is 15.0 Å². The van der Waals surface area contributed by atoms with Gasteiger partial charge in [0.25, 0.3) is 0 Å². The Hall–Kier alpha value is -1.58. The molecule has 10 nitrogen and oxygen atoms in total. The summed E-state index contributed by atoms with van der Waals surface area (Å²) in [5.74, 6) is 0.321. The molecule has 0 bridgehead atoms. The van der Waals surface area contributed by atoms with Crippen molar-refractivity contribution in [2.45, 2.75) is 58.7 Å². The summed E-state index contributed by atoms with van der Waals surface area (Å²) in [6, 6.07) is 0. The van der Waals surface area contributed by atoms with Gasteiger partial charge in [-0.1, -0.05) is 0 Å². The summed E-state index contributed by atoms with van der Waals surface area (Å²) in [5.41, 5.74) is 6.95. The highest BCUT2D eigenvalue weighted by Crippen LogP contribution is 2.51. The van der Waals surface area contributed by atoms with Crippen molar-refractivity contribution in [3.63, 3.8) is 0 Å². The average molecular weight is 399 g/mol. The van der Waals surface area contributed by atoms with Gasteiger partial charge in [0.2, 0.25) is 0 Å². The summed E-state index contributed by atoms with van der Waals surface area (Å²) >= 11 is 0. The van der Waals surface area contributed by atoms with Gasteiger partial charge in [0.05, 0.1) is 31.2 Å². The van der Waals surface area contributed by atoms with E-state index in [4.69, 9.17) is 24.3 Å². The molecule has 1 saturated heterocycles. The molecule has 1 aliphatic heterocycles. The van der Waals surface area contributed by atoms with Gasteiger partial charge in [0.15, 0.2) is 11.5 Å². The number of nitrogens with zero attached hydrogens (tertiary/aromatic N) is 4. The number of nitrogen functional groups attached to an aromatic ring is 1. The van der Waals surface area contributed by atoms with Crippen LogP contribution in [0.4, 0.5) is 5.82 Å². The minimum atomic E-state index is -3.34. The molecule has 0 unspecified atom stereocenters. The molecule has 2 N–H and O–H groups in total. The molecule has 3 heterocycles. The normalized spacial score (nSPS) is 21.0. The van der Waals surface area contributed by atoms with E-state index in [1.807, 2.05) is 27.7 Å². The molecule has 1 aliphatic rings. The summed E-state index contributed by atoms with van der Waals surface area (Å²) in [7, 11) is -3.34. The van der Waals surface area contributed by atoms with Crippen molar-refractivity contribution in [2.24, 2.45) is 0 Å². The Kier molecular flexibility index (Phi) is 6.12. The van der Waals surface area contributed by atoms with Crippen molar-refractivity contribution in [1.82, 2.24) is 19.5 Å². The predicted octanol–water partition coefficient (Wildman–Crippen LogP) is 2.71. The minimum absolute atomic E-state index is 0.121. The summed E-state index contributed by atoms with van der Waals surface area (Å²) in [6.45, 7) is 7.59. The van der Waals surface area contributed by atoms with Gasteiger partial charge in [0.1, 0.15) is 24.4 Å². The number of nitrogens with two attached hydrogens (primary N) is 1. The number of anilines is 1. The van der Waals surface area contributed by atoms with E-state index in [0.717, 1.165) is 0 Å². The van der Waals surface area contributed by atoms with E-state index in [9.17, 15) is 4.57 Å². The maximum absolute atomic E-state index is 12.9. The maximum atomic E-state index is 12.9. The van der Waals surface area contributed by atoms with Crippen molar-refractivity contribution in [1.29, 1.82) is 0 Å². The zero-order chi connectivity index (χ0) is 19.6. The second kappa shape index (κ2) is 8.20. The lowest BCUT2D eigenvalue weighted by molar-refractivity contribution is 0.0300. The smallest absolute Gasteiger partial charge is 0.356 e. The zero-order valence-corrected chi connectivity index (χ0v) is 16.8. The average Bonchev–Trinajstić information content (AvgIpc) is 3.18. The molecule has 3 rings (SSSR count). The van der Waals surface area contributed by atoms with Gasteiger partial charge in [-0.15, -0.1) is 0 Å². The Morgan fingerprint density at radius 2 is 1.96 bits per heavy atom. The highest BCUT2D eigenvalue weighted by atomic mass is 31.2. The third kappa shape index (κ3) is 4.83. The van der Waals surface area contributed by atoms with Crippen LogP contribution in [0.1, 0.15) is 40.3 Å². The predicted molar refractivity (Wildman–Crippen MR) is 99.1 cm³/mol. The van der Waals surface area contributed by atoms with Crippen LogP contribution in [0, 0.1) is 0 Å². The second-order valence-electron chi connectivity index (χ2n) is 6.94. The molecule has 11 heteroatoms. The monoisotopic (exact) mass is 399 g/mol. The van der Waals surface area contributed by atoms with Crippen molar-refractivity contribution in [3.8, 4) is 0 Å². The fourth-order valence-corrected chi connectivity index (χ4v) is 4.74. The van der Waals surface area contributed by atoms with Crippen molar-refractivity contribution >= 4 is 24.6 Å². The lowest BCUT2D eigenvalue weighted by atomic mass is 10.3. The lowest BCUT2D eigenvalue weighted by Crippen LogP contribution is -2.18. The van der Waals surface area contributed by atoms with Gasteiger partial charge in [0, 0.05) is 6.42 Å². The van der Waals surface area contributed by atoms with Crippen LogP contribution in [0.25, 0.3) is 11.2 Å². The first-order valence-corrected chi connectivity index (χ1v) is 10.6. The quantitative estimate of drug-likeness (QED) is 0.667. The van der Waals surface area contributed by atoms with Crippen LogP contribution in [0.2, 0.25) is 0 Å². The van der Waals surface area contributed by atoms with Gasteiger partial charge in [-0.2, -0.15) is 0 Å². The first-order valence-electron chi connectivity index (χ1n) is 8.89. The first-order chi connectivity index (χ1) is 12.8. The molecule has 1 fully saturated rings. The molecule has 2 atom stereocenters. The van der Waals surface area contributed by atoms with Crippen molar-refractivity contribution < 1.29 is 23.1 Å². The Morgan fingerprint density at radius 3 is 2.63 bits per heavy atom. The minimum Gasteiger partial charge on any atom is -0.382 e. The third-order valence-electron chi connectivity index (χ3n) is 3.85. The molecule has 27 heavy (non-hydrogen) atoms. The van der Waals surface area contributed by atoms with Gasteiger partial charge >= 0.3 is 7.60 Å². The Labute approximate surface area is 157 Å². The van der Waals surface area contributed by atoms with Crippen LogP contribution < -0.4 is 5.73 Å². The maximum Gasteiger partial charge on any atom is 0.356 e. The van der Waals surface area contributed by atoms with E-state index < -0.39 is 7.60 Å². The largest absolute Gasteiger partial charge is 0.382 e. The van der Waals surface area contributed by atoms with Crippen LogP contribution in [-0.4, -0.2) is 50.8 Å². The van der Waals surface area contributed by atoms with E-state index in [1.54, 1.807) is 10.9 Å². The number of hydrogen-bond donors (Lipinski definition) is 1. The van der Waals surface area contributed by atoms with Crippen LogP contribution in [0.5, 0.6) is 0 Å². The standard InChI is InChI=1S/C16H26N5O5P/c1-10(2)25-27(22,26-11(3)4)9-24-12-5-13(23-6-12)21-8-20-14-15(17)18-7-19-16(14)21/h7-8,10-13H,5-6,9H2,1-4H3,(H2,17,18,19)/t12-,13+/m0/s1. The molecule has 150 valence electrons. The Morgan fingerprint density at radius 1 is 1.26 bits per heavy atom. The number of hydrogen-bond acceptors (Lipinski definition) is 9. The second-order valence-corrected chi connectivity index (χ2v) is 8.85. The first kappa shape index (κ1) is 20.2. The molecular formula is C16H26N5O5P.